The zero-order valence-electron chi connectivity index (χ0n) is 15.2. The van der Waals surface area contributed by atoms with Crippen LogP contribution in [-0.2, 0) is 9.84 Å². The van der Waals surface area contributed by atoms with Crippen molar-refractivity contribution in [2.24, 2.45) is 0 Å². The Morgan fingerprint density at radius 1 is 1.08 bits per heavy atom. The van der Waals surface area contributed by atoms with Gasteiger partial charge in [-0.3, -0.25) is 4.79 Å². The second-order valence-corrected chi connectivity index (χ2v) is 8.67. The Labute approximate surface area is 152 Å². The maximum atomic E-state index is 12.6. The monoisotopic (exact) mass is 371 g/mol. The van der Waals surface area contributed by atoms with Gasteiger partial charge in [0.15, 0.2) is 15.6 Å². The van der Waals surface area contributed by atoms with Gasteiger partial charge in [0.25, 0.3) is 5.91 Å². The lowest BCUT2D eigenvalue weighted by atomic mass is 10.0. The molecule has 0 saturated carbocycles. The van der Waals surface area contributed by atoms with E-state index >= 15 is 0 Å². The summed E-state index contributed by atoms with van der Waals surface area (Å²) >= 11 is 0. The number of carbonyl (C=O) groups excluding carboxylic acids is 1. The summed E-state index contributed by atoms with van der Waals surface area (Å²) in [5.74, 6) is -0.0591. The first-order chi connectivity index (χ1) is 12.2. The minimum atomic E-state index is -3.26. The molecule has 3 rings (SSSR count). The zero-order chi connectivity index (χ0) is 19.1. The van der Waals surface area contributed by atoms with E-state index in [0.717, 1.165) is 22.1 Å². The van der Waals surface area contributed by atoms with Crippen LogP contribution in [0.4, 0.5) is 5.69 Å². The van der Waals surface area contributed by atoms with Gasteiger partial charge in [0, 0.05) is 16.6 Å². The Morgan fingerprint density at radius 2 is 1.73 bits per heavy atom. The van der Waals surface area contributed by atoms with E-state index in [4.69, 9.17) is 4.42 Å². The number of fused-ring (bicyclic) bond motifs is 1. The topological polar surface area (TPSA) is 76.4 Å². The van der Waals surface area contributed by atoms with E-state index in [1.807, 2.05) is 26.8 Å². The molecule has 0 saturated heterocycles. The maximum Gasteiger partial charge on any atom is 0.291 e. The van der Waals surface area contributed by atoms with Gasteiger partial charge in [0.05, 0.1) is 10.6 Å². The average molecular weight is 371 g/mol. The molecule has 0 radical (unpaired) electrons. The molecule has 0 spiro atoms. The summed E-state index contributed by atoms with van der Waals surface area (Å²) in [6, 6.07) is 10.1. The second-order valence-electron chi connectivity index (χ2n) is 6.39. The number of amides is 1. The first-order valence-electron chi connectivity index (χ1n) is 8.37. The highest BCUT2D eigenvalue weighted by atomic mass is 32.2. The van der Waals surface area contributed by atoms with Gasteiger partial charge in [0.2, 0.25) is 0 Å². The van der Waals surface area contributed by atoms with Crippen LogP contribution < -0.4 is 5.32 Å². The van der Waals surface area contributed by atoms with E-state index in [-0.39, 0.29) is 22.3 Å². The number of hydrogen-bond acceptors (Lipinski definition) is 4. The highest BCUT2D eigenvalue weighted by Gasteiger charge is 2.19. The molecule has 0 bridgehead atoms. The van der Waals surface area contributed by atoms with Crippen LogP contribution in [0.1, 0.15) is 34.2 Å². The number of sulfone groups is 1. The van der Waals surface area contributed by atoms with Gasteiger partial charge >= 0.3 is 0 Å². The fraction of sp³-hybridized carbons (Fsp3) is 0.250. The smallest absolute Gasteiger partial charge is 0.291 e. The van der Waals surface area contributed by atoms with Crippen molar-refractivity contribution in [2.75, 3.05) is 11.1 Å². The van der Waals surface area contributed by atoms with Crippen LogP contribution in [0.15, 0.2) is 45.7 Å². The molecule has 0 unspecified atom stereocenters. The van der Waals surface area contributed by atoms with Crippen molar-refractivity contribution in [3.05, 3.63) is 58.8 Å². The predicted octanol–water partition coefficient (Wildman–Crippen LogP) is 4.40. The number of carbonyl (C=O) groups is 1. The van der Waals surface area contributed by atoms with Crippen molar-refractivity contribution in [3.8, 4) is 0 Å². The number of furan rings is 1. The van der Waals surface area contributed by atoms with Gasteiger partial charge in [-0.15, -0.1) is 0 Å². The third-order valence-electron chi connectivity index (χ3n) is 4.43. The van der Waals surface area contributed by atoms with Gasteiger partial charge in [0.1, 0.15) is 5.58 Å². The van der Waals surface area contributed by atoms with Gasteiger partial charge in [-0.2, -0.15) is 0 Å². The molecule has 1 heterocycles. The lowest BCUT2D eigenvalue weighted by Crippen LogP contribution is -2.12. The molecular formula is C20H21NO4S. The normalized spacial score (nSPS) is 11.7. The van der Waals surface area contributed by atoms with E-state index in [1.165, 1.54) is 12.1 Å². The summed E-state index contributed by atoms with van der Waals surface area (Å²) < 4.78 is 29.5. The van der Waals surface area contributed by atoms with Crippen molar-refractivity contribution in [1.29, 1.82) is 0 Å². The Hall–Kier alpha value is -2.60. The maximum absolute atomic E-state index is 12.6. The number of anilines is 1. The van der Waals surface area contributed by atoms with E-state index in [1.54, 1.807) is 19.1 Å². The van der Waals surface area contributed by atoms with Crippen LogP contribution in [0.25, 0.3) is 11.0 Å². The fourth-order valence-corrected chi connectivity index (χ4v) is 3.99. The van der Waals surface area contributed by atoms with Crippen molar-refractivity contribution in [3.63, 3.8) is 0 Å². The summed E-state index contributed by atoms with van der Waals surface area (Å²) in [5, 5.41) is 3.71. The van der Waals surface area contributed by atoms with E-state index in [2.05, 4.69) is 11.4 Å². The van der Waals surface area contributed by atoms with Crippen molar-refractivity contribution in [1.82, 2.24) is 0 Å². The quantitative estimate of drug-likeness (QED) is 0.737. The molecule has 5 nitrogen and oxygen atoms in total. The largest absolute Gasteiger partial charge is 0.451 e. The molecule has 0 aliphatic rings. The van der Waals surface area contributed by atoms with Crippen molar-refractivity contribution >= 4 is 32.4 Å². The molecule has 1 aromatic heterocycles. The van der Waals surface area contributed by atoms with E-state index < -0.39 is 9.84 Å². The number of benzene rings is 2. The summed E-state index contributed by atoms with van der Waals surface area (Å²) in [6.45, 7) is 7.43. The molecule has 26 heavy (non-hydrogen) atoms. The molecule has 2 aromatic carbocycles. The molecule has 136 valence electrons. The summed E-state index contributed by atoms with van der Waals surface area (Å²) in [6.07, 6.45) is 0. The third-order valence-corrected chi connectivity index (χ3v) is 6.18. The molecule has 1 N–H and O–H groups in total. The molecular weight excluding hydrogens is 350 g/mol. The van der Waals surface area contributed by atoms with Crippen LogP contribution >= 0.6 is 0 Å². The zero-order valence-corrected chi connectivity index (χ0v) is 16.0. The molecule has 6 heteroatoms. The van der Waals surface area contributed by atoms with Crippen LogP contribution in [0.5, 0.6) is 0 Å². The standard InChI is InChI=1S/C20H21NO4S/c1-5-26(23,24)16-8-6-15(7-9-16)21-20(22)19-14(4)18-13(3)10-12(2)11-17(18)25-19/h6-11H,5H2,1-4H3,(H,21,22). The van der Waals surface area contributed by atoms with Gasteiger partial charge < -0.3 is 9.73 Å². The first-order valence-corrected chi connectivity index (χ1v) is 10.0. The lowest BCUT2D eigenvalue weighted by molar-refractivity contribution is 0.0998. The Balaban J connectivity index is 1.90. The Bertz CT molecular complexity index is 1090. The van der Waals surface area contributed by atoms with Crippen molar-refractivity contribution in [2.45, 2.75) is 32.6 Å². The Morgan fingerprint density at radius 3 is 2.35 bits per heavy atom. The van der Waals surface area contributed by atoms with Gasteiger partial charge in [-0.25, -0.2) is 8.42 Å². The average Bonchev–Trinajstić information content (AvgIpc) is 2.92. The lowest BCUT2D eigenvalue weighted by Gasteiger charge is -2.06. The number of rotatable bonds is 4. The third kappa shape index (κ3) is 3.24. The van der Waals surface area contributed by atoms with Crippen LogP contribution in [0, 0.1) is 20.8 Å². The predicted molar refractivity (Wildman–Crippen MR) is 103 cm³/mol. The minimum absolute atomic E-state index is 0.0374. The summed E-state index contributed by atoms with van der Waals surface area (Å²) in [4.78, 5) is 12.9. The summed E-state index contributed by atoms with van der Waals surface area (Å²) in [5.41, 5.74) is 4.13. The Kier molecular flexibility index (Phi) is 4.63. The molecule has 0 aliphatic heterocycles. The van der Waals surface area contributed by atoms with E-state index in [0.29, 0.717) is 11.3 Å². The molecule has 1 amide bonds. The molecule has 0 aliphatic carbocycles. The number of aryl methyl sites for hydroxylation is 3. The highest BCUT2D eigenvalue weighted by molar-refractivity contribution is 7.91. The first kappa shape index (κ1) is 18.2. The van der Waals surface area contributed by atoms with Crippen LogP contribution in [-0.4, -0.2) is 20.1 Å². The van der Waals surface area contributed by atoms with Gasteiger partial charge in [-0.1, -0.05) is 13.0 Å². The molecule has 0 atom stereocenters. The highest BCUT2D eigenvalue weighted by Crippen LogP contribution is 2.30. The number of nitrogens with one attached hydrogen (secondary N) is 1. The van der Waals surface area contributed by atoms with Gasteiger partial charge in [-0.05, 0) is 62.2 Å². The molecule has 3 aromatic rings. The number of hydrogen-bond donors (Lipinski definition) is 1. The van der Waals surface area contributed by atoms with Crippen molar-refractivity contribution < 1.29 is 17.6 Å². The minimum Gasteiger partial charge on any atom is -0.451 e. The van der Waals surface area contributed by atoms with Crippen LogP contribution in [0.2, 0.25) is 0 Å². The van der Waals surface area contributed by atoms with Crippen LogP contribution in [0.3, 0.4) is 0 Å². The molecule has 0 fully saturated rings. The second kappa shape index (κ2) is 6.61. The SMILES string of the molecule is CCS(=O)(=O)c1ccc(NC(=O)c2oc3cc(C)cc(C)c3c2C)cc1. The fourth-order valence-electron chi connectivity index (χ4n) is 3.11. The van der Waals surface area contributed by atoms with E-state index in [9.17, 15) is 13.2 Å². The summed E-state index contributed by atoms with van der Waals surface area (Å²) in [7, 11) is -3.26.